The number of rotatable bonds is 14. The maximum Gasteiger partial charge on any atom is 0.335 e. The number of allylic oxidation sites excluding steroid dienone is 9. The van der Waals surface area contributed by atoms with Gasteiger partial charge in [0.15, 0.2) is 5.60 Å². The molecule has 0 rings (SSSR count). The van der Waals surface area contributed by atoms with Crippen LogP contribution in [0.2, 0.25) is 0 Å². The van der Waals surface area contributed by atoms with Crippen molar-refractivity contribution in [2.24, 2.45) is 0 Å². The Labute approximate surface area is 153 Å². The molecule has 0 unspecified atom stereocenters. The first-order valence-electron chi connectivity index (χ1n) is 9.13. The van der Waals surface area contributed by atoms with Gasteiger partial charge in [0.2, 0.25) is 0 Å². The highest BCUT2D eigenvalue weighted by atomic mass is 16.5. The van der Waals surface area contributed by atoms with Crippen LogP contribution in [-0.4, -0.2) is 23.3 Å². The van der Waals surface area contributed by atoms with Gasteiger partial charge in [-0.3, -0.25) is 0 Å². The Balaban J connectivity index is 3.60. The van der Waals surface area contributed by atoms with Crippen LogP contribution in [-0.2, 0) is 9.53 Å². The summed E-state index contributed by atoms with van der Waals surface area (Å²) < 4.78 is 5.29. The molecule has 1 N–H and O–H groups in total. The summed E-state index contributed by atoms with van der Waals surface area (Å²) >= 11 is 0. The van der Waals surface area contributed by atoms with Crippen LogP contribution in [0.3, 0.4) is 0 Å². The van der Waals surface area contributed by atoms with Crippen LogP contribution < -0.4 is 0 Å². The molecule has 0 spiro atoms. The van der Waals surface area contributed by atoms with E-state index >= 15 is 0 Å². The molecule has 3 nitrogen and oxygen atoms in total. The van der Waals surface area contributed by atoms with Crippen LogP contribution in [0.5, 0.6) is 0 Å². The molecular weight excluding hydrogens is 312 g/mol. The van der Waals surface area contributed by atoms with Crippen molar-refractivity contribution in [2.75, 3.05) is 6.61 Å². The molecular formula is C22H34O3. The Morgan fingerprint density at radius 3 is 1.72 bits per heavy atom. The Morgan fingerprint density at radius 1 is 0.800 bits per heavy atom. The summed E-state index contributed by atoms with van der Waals surface area (Å²) in [5.74, 6) is -0.944. The molecule has 0 heterocycles. The number of ether oxygens (including phenoxy) is 1. The zero-order chi connectivity index (χ0) is 18.8. The van der Waals surface area contributed by atoms with Crippen LogP contribution in [0, 0.1) is 0 Å². The van der Waals surface area contributed by atoms with Crippen LogP contribution >= 0.6 is 0 Å². The minimum absolute atomic E-state index is 0.327. The summed E-state index contributed by atoms with van der Waals surface area (Å²) in [6.45, 7) is 5.58. The van der Waals surface area contributed by atoms with Crippen molar-refractivity contribution in [1.29, 1.82) is 0 Å². The first-order valence-corrected chi connectivity index (χ1v) is 9.13. The number of unbranched alkanes of at least 4 members (excludes halogenated alkanes) is 1. The lowest BCUT2D eigenvalue weighted by molar-refractivity contribution is -0.159. The monoisotopic (exact) mass is 346 g/mol. The van der Waals surface area contributed by atoms with Crippen molar-refractivity contribution in [3.05, 3.63) is 60.8 Å². The highest BCUT2D eigenvalue weighted by molar-refractivity contribution is 5.76. The van der Waals surface area contributed by atoms with E-state index in [4.69, 9.17) is 9.84 Å². The predicted molar refractivity (Wildman–Crippen MR) is 107 cm³/mol. The minimum atomic E-state index is -1.13. The molecule has 0 aromatic carbocycles. The number of carboxylic acid groups (broad SMARTS) is 1. The average molecular weight is 347 g/mol. The maximum absolute atomic E-state index is 10.9. The van der Waals surface area contributed by atoms with E-state index in [1.54, 1.807) is 13.8 Å². The molecule has 0 amide bonds. The van der Waals surface area contributed by atoms with Crippen LogP contribution in [0.25, 0.3) is 0 Å². The molecule has 0 radical (unpaired) electrons. The van der Waals surface area contributed by atoms with Crippen molar-refractivity contribution in [3.8, 4) is 0 Å². The van der Waals surface area contributed by atoms with Gasteiger partial charge < -0.3 is 9.84 Å². The van der Waals surface area contributed by atoms with E-state index in [9.17, 15) is 4.79 Å². The van der Waals surface area contributed by atoms with Crippen LogP contribution in [0.15, 0.2) is 60.8 Å². The fourth-order valence-electron chi connectivity index (χ4n) is 1.79. The first-order chi connectivity index (χ1) is 12.0. The van der Waals surface area contributed by atoms with E-state index in [1.165, 1.54) is 0 Å². The van der Waals surface area contributed by atoms with E-state index in [1.807, 2.05) is 12.2 Å². The van der Waals surface area contributed by atoms with Crippen LogP contribution in [0.1, 0.15) is 59.3 Å². The van der Waals surface area contributed by atoms with Crippen molar-refractivity contribution in [1.82, 2.24) is 0 Å². The molecule has 0 atom stereocenters. The second-order valence-corrected chi connectivity index (χ2v) is 6.18. The number of hydrogen-bond acceptors (Lipinski definition) is 2. The smallest absolute Gasteiger partial charge is 0.335 e. The zero-order valence-corrected chi connectivity index (χ0v) is 16.0. The van der Waals surface area contributed by atoms with Gasteiger partial charge in [-0.25, -0.2) is 4.79 Å². The third-order valence-electron chi connectivity index (χ3n) is 3.44. The normalized spacial score (nSPS) is 13.4. The Bertz CT molecular complexity index is 480. The van der Waals surface area contributed by atoms with Gasteiger partial charge in [-0.1, -0.05) is 67.7 Å². The van der Waals surface area contributed by atoms with Gasteiger partial charge >= 0.3 is 5.97 Å². The number of carboxylic acids is 1. The molecule has 0 aromatic heterocycles. The number of carbonyl (C=O) groups is 1. The summed E-state index contributed by atoms with van der Waals surface area (Å²) in [4.78, 5) is 10.9. The molecule has 25 heavy (non-hydrogen) atoms. The lowest BCUT2D eigenvalue weighted by Gasteiger charge is -2.18. The molecule has 0 aromatic rings. The summed E-state index contributed by atoms with van der Waals surface area (Å²) in [5.41, 5.74) is -1.13. The van der Waals surface area contributed by atoms with Crippen molar-refractivity contribution < 1.29 is 14.6 Å². The highest BCUT2D eigenvalue weighted by Crippen LogP contribution is 2.08. The lowest BCUT2D eigenvalue weighted by atomic mass is 10.1. The molecule has 0 bridgehead atoms. The van der Waals surface area contributed by atoms with Gasteiger partial charge in [-0.15, -0.1) is 0 Å². The minimum Gasteiger partial charge on any atom is -0.479 e. The molecule has 0 saturated heterocycles. The van der Waals surface area contributed by atoms with Crippen molar-refractivity contribution >= 4 is 5.97 Å². The highest BCUT2D eigenvalue weighted by Gasteiger charge is 2.26. The molecule has 0 saturated carbocycles. The summed E-state index contributed by atoms with van der Waals surface area (Å²) in [5, 5.41) is 8.91. The fraction of sp³-hybridized carbons (Fsp3) is 0.500. The van der Waals surface area contributed by atoms with Crippen LogP contribution in [0.4, 0.5) is 0 Å². The van der Waals surface area contributed by atoms with E-state index in [2.05, 4.69) is 55.5 Å². The topological polar surface area (TPSA) is 46.5 Å². The Kier molecular flexibility index (Phi) is 14.5. The van der Waals surface area contributed by atoms with E-state index in [0.29, 0.717) is 6.61 Å². The third-order valence-corrected chi connectivity index (χ3v) is 3.44. The lowest BCUT2D eigenvalue weighted by Crippen LogP contribution is -2.34. The predicted octanol–water partition coefficient (Wildman–Crippen LogP) is 6.01. The van der Waals surface area contributed by atoms with Gasteiger partial charge in [0, 0.05) is 0 Å². The summed E-state index contributed by atoms with van der Waals surface area (Å²) in [6, 6.07) is 0. The standard InChI is InChI=1S/C22H34O3/c1-4-5-6-7-8-9-10-11-12-13-14-15-16-17-18-19-20-25-22(2,3)21(23)24/h5-6,8-9,11-12,14-15,18-19H,4,7,10,13,16-17,20H2,1-3H3,(H,23,24)/b6-5-,9-8-,12-11-,15-14-,19-18+. The summed E-state index contributed by atoms with van der Waals surface area (Å²) in [7, 11) is 0. The Morgan fingerprint density at radius 2 is 1.24 bits per heavy atom. The molecule has 0 fully saturated rings. The van der Waals surface area contributed by atoms with Crippen molar-refractivity contribution in [2.45, 2.75) is 64.9 Å². The van der Waals surface area contributed by atoms with Gasteiger partial charge in [0.05, 0.1) is 6.61 Å². The first kappa shape index (κ1) is 23.1. The second kappa shape index (κ2) is 15.6. The SMILES string of the molecule is CC/C=C\C/C=C\C/C=C\C/C=C\CC/C=C/COC(C)(C)C(=O)O. The number of aliphatic carboxylic acids is 1. The number of hydrogen-bond donors (Lipinski definition) is 1. The zero-order valence-electron chi connectivity index (χ0n) is 16.0. The summed E-state index contributed by atoms with van der Waals surface area (Å²) in [6.07, 6.45) is 27.4. The van der Waals surface area contributed by atoms with E-state index < -0.39 is 11.6 Å². The van der Waals surface area contributed by atoms with E-state index in [0.717, 1.165) is 38.5 Å². The van der Waals surface area contributed by atoms with Gasteiger partial charge in [-0.05, 0) is 52.4 Å². The van der Waals surface area contributed by atoms with Gasteiger partial charge in [0.1, 0.15) is 0 Å². The van der Waals surface area contributed by atoms with Gasteiger partial charge in [-0.2, -0.15) is 0 Å². The fourth-order valence-corrected chi connectivity index (χ4v) is 1.79. The van der Waals surface area contributed by atoms with Crippen molar-refractivity contribution in [3.63, 3.8) is 0 Å². The molecule has 0 aliphatic rings. The molecule has 0 aliphatic heterocycles. The molecule has 0 aliphatic carbocycles. The third kappa shape index (κ3) is 15.4. The van der Waals surface area contributed by atoms with E-state index in [-0.39, 0.29) is 0 Å². The molecule has 3 heteroatoms. The van der Waals surface area contributed by atoms with Gasteiger partial charge in [0.25, 0.3) is 0 Å². The second-order valence-electron chi connectivity index (χ2n) is 6.18. The molecule has 140 valence electrons. The quantitative estimate of drug-likeness (QED) is 0.309. The maximum atomic E-state index is 10.9. The largest absolute Gasteiger partial charge is 0.479 e. The average Bonchev–Trinajstić information content (AvgIpc) is 2.57. The Hall–Kier alpha value is -1.87.